The molecule has 0 spiro atoms. The fourth-order valence-corrected chi connectivity index (χ4v) is 9.83. The number of carbonyl (C=O) groups is 7. The van der Waals surface area contributed by atoms with Gasteiger partial charge < -0.3 is 59.6 Å². The monoisotopic (exact) mass is 1070 g/mol. The lowest BCUT2D eigenvalue weighted by Gasteiger charge is -2.43. The quantitative estimate of drug-likeness (QED) is 0.0330. The number of methoxy groups -OCH3 is 1. The van der Waals surface area contributed by atoms with E-state index in [9.17, 15) is 48.9 Å². The summed E-state index contributed by atoms with van der Waals surface area (Å²) in [6.45, 7) is 9.83. The van der Waals surface area contributed by atoms with Crippen LogP contribution in [0.4, 0.5) is 11.4 Å². The van der Waals surface area contributed by atoms with Crippen LogP contribution in [0, 0.1) is 6.92 Å². The second-order valence-electron chi connectivity index (χ2n) is 19.2. The second kappa shape index (κ2) is 22.5. The van der Waals surface area contributed by atoms with Crippen molar-refractivity contribution in [2.45, 2.75) is 96.4 Å². The second-order valence-corrected chi connectivity index (χ2v) is 19.7. The summed E-state index contributed by atoms with van der Waals surface area (Å²) in [7, 11) is 1.46. The number of nitrogens with zero attached hydrogens (tertiary/aromatic N) is 3. The topological polar surface area (TPSA) is 254 Å². The number of benzene rings is 5. The van der Waals surface area contributed by atoms with E-state index in [1.165, 1.54) is 25.3 Å². The molecule has 0 bridgehead atoms. The molecule has 7 atom stereocenters. The van der Waals surface area contributed by atoms with Gasteiger partial charge in [-0.3, -0.25) is 28.8 Å². The highest BCUT2D eigenvalue weighted by Crippen LogP contribution is 2.45. The van der Waals surface area contributed by atoms with Gasteiger partial charge in [0.1, 0.15) is 40.9 Å². The van der Waals surface area contributed by atoms with E-state index in [2.05, 4.69) is 10.6 Å². The summed E-state index contributed by atoms with van der Waals surface area (Å²) >= 11 is 6.08. The minimum atomic E-state index is -1.58. The first-order chi connectivity index (χ1) is 36.7. The molecule has 5 aromatic carbocycles. The minimum absolute atomic E-state index is 0.0117. The van der Waals surface area contributed by atoms with Gasteiger partial charge >= 0.3 is 11.9 Å². The summed E-state index contributed by atoms with van der Waals surface area (Å²) in [5, 5.41) is 36.4. The fourth-order valence-electron chi connectivity index (χ4n) is 9.70. The number of aliphatic hydroxyl groups is 2. The number of hydrogen-bond acceptors (Lipinski definition) is 15. The molecule has 9 rings (SSSR count). The molecule has 5 N–H and O–H groups in total. The van der Waals surface area contributed by atoms with Crippen LogP contribution in [-0.2, 0) is 38.2 Å². The van der Waals surface area contributed by atoms with Crippen LogP contribution in [-0.4, -0.2) is 118 Å². The minimum Gasteiger partial charge on any atom is -0.513 e. The van der Waals surface area contributed by atoms with Crippen molar-refractivity contribution in [1.29, 1.82) is 0 Å². The molecule has 4 aliphatic rings. The van der Waals surface area contributed by atoms with E-state index in [-0.39, 0.29) is 54.1 Å². The molecule has 2 unspecified atom stereocenters. The number of piperidine rings is 1. The maximum Gasteiger partial charge on any atom is 0.339 e. The summed E-state index contributed by atoms with van der Waals surface area (Å²) in [5.74, 6) is -3.95. The normalized spacial score (nSPS) is 21.9. The Hall–Kier alpha value is -8.26. The summed E-state index contributed by atoms with van der Waals surface area (Å²) in [4.78, 5) is 96.5. The zero-order valence-electron chi connectivity index (χ0n) is 43.2. The van der Waals surface area contributed by atoms with Gasteiger partial charge in [-0.15, -0.1) is 0 Å². The molecule has 0 saturated carbocycles. The van der Waals surface area contributed by atoms with Crippen LogP contribution in [0.1, 0.15) is 85.3 Å². The number of nitrogens with one attached hydrogen (secondary N) is 2. The molecule has 0 aliphatic carbocycles. The summed E-state index contributed by atoms with van der Waals surface area (Å²) in [5.41, 5.74) is 1.75. The third-order valence-corrected chi connectivity index (χ3v) is 14.1. The number of Topliss-reactive ketones (excluding diaryl/α,β-unsaturated/α-hetero) is 1. The van der Waals surface area contributed by atoms with Gasteiger partial charge in [0.2, 0.25) is 12.0 Å². The van der Waals surface area contributed by atoms with Crippen molar-refractivity contribution >= 4 is 75.1 Å². The van der Waals surface area contributed by atoms with Crippen LogP contribution in [0.3, 0.4) is 0 Å². The standard InChI is InChI=1S/C31H33N3O11.C26H25ClN2O3/c1-14-7-6-8-18-19(14)9-17(42-5)10-20(18)30(41)45-27(31(4)13-43-31)29(40)33-23(28(39)32-21(12-35)15(2)36)24-26(44-16(3)37)25(38)22-11-34(22)24;1-3-25(31)29(20-12-10-19(27)11-13-20)24-16-17(2)28(23-7-5-4-6-22(23)24)26(32)18-8-14-21(30)15-9-18/h6-10,12,22,25-27,35,38H,11,13H2,1-5H3,(H,32,39)(H,33,40);4-15,17,24,30H,3,16H2,1-2H3/b21-12-,24-23+;/t22-,25+,26+,27+,31-,34?;/m0./s1. The molecule has 4 amide bonds. The lowest BCUT2D eigenvalue weighted by atomic mass is 9.89. The largest absolute Gasteiger partial charge is 0.513 e. The molecule has 77 heavy (non-hydrogen) atoms. The molecular formula is C57H58ClN5O14. The Morgan fingerprint density at radius 2 is 1.62 bits per heavy atom. The number of allylic oxidation sites excluding steroid dienone is 1. The highest BCUT2D eigenvalue weighted by molar-refractivity contribution is 6.30. The van der Waals surface area contributed by atoms with Crippen LogP contribution >= 0.6 is 11.6 Å². The van der Waals surface area contributed by atoms with Crippen LogP contribution in [0.2, 0.25) is 5.02 Å². The number of esters is 2. The number of aryl methyl sites for hydroxylation is 1. The number of epoxide rings is 1. The first-order valence-electron chi connectivity index (χ1n) is 24.7. The molecule has 4 aliphatic heterocycles. The van der Waals surface area contributed by atoms with E-state index in [0.29, 0.717) is 40.8 Å². The van der Waals surface area contributed by atoms with Crippen LogP contribution in [0.15, 0.2) is 126 Å². The zero-order chi connectivity index (χ0) is 55.6. The average Bonchev–Trinajstić information content (AvgIpc) is 4.35. The zero-order valence-corrected chi connectivity index (χ0v) is 44.0. The van der Waals surface area contributed by atoms with Crippen LogP contribution < -0.4 is 25.2 Å². The van der Waals surface area contributed by atoms with Gasteiger partial charge in [0.05, 0.1) is 37.1 Å². The van der Waals surface area contributed by atoms with Crippen LogP contribution in [0.25, 0.3) is 10.8 Å². The predicted octanol–water partition coefficient (Wildman–Crippen LogP) is 6.86. The lowest BCUT2D eigenvalue weighted by Crippen LogP contribution is -2.49. The lowest BCUT2D eigenvalue weighted by molar-refractivity contribution is -0.148. The summed E-state index contributed by atoms with van der Waals surface area (Å²) < 4.78 is 21.9. The summed E-state index contributed by atoms with van der Waals surface area (Å²) in [6.07, 6.45) is -2.78. The summed E-state index contributed by atoms with van der Waals surface area (Å²) in [6, 6.07) is 29.1. The number of phenols is 1. The van der Waals surface area contributed by atoms with Gasteiger partial charge in [0.25, 0.3) is 17.7 Å². The van der Waals surface area contributed by atoms with Crippen LogP contribution in [0.5, 0.6) is 11.5 Å². The first kappa shape index (κ1) is 55.0. The van der Waals surface area contributed by atoms with Crippen molar-refractivity contribution in [2.24, 2.45) is 0 Å². The van der Waals surface area contributed by atoms with Crippen molar-refractivity contribution in [2.75, 3.05) is 30.1 Å². The molecule has 4 heterocycles. The molecule has 19 nitrogen and oxygen atoms in total. The Labute approximate surface area is 448 Å². The number of ketones is 1. The maximum absolute atomic E-state index is 13.9. The third kappa shape index (κ3) is 11.5. The van der Waals surface area contributed by atoms with E-state index in [4.69, 9.17) is 30.5 Å². The number of anilines is 2. The molecule has 3 saturated heterocycles. The van der Waals surface area contributed by atoms with Gasteiger partial charge in [-0.2, -0.15) is 0 Å². The van der Waals surface area contributed by atoms with Gasteiger partial charge in [0.15, 0.2) is 11.9 Å². The number of phenolic OH excluding ortho intramolecular Hbond substituents is 1. The molecular weight excluding hydrogens is 1010 g/mol. The van der Waals surface area contributed by atoms with E-state index in [0.717, 1.165) is 41.7 Å². The van der Waals surface area contributed by atoms with Gasteiger partial charge in [0, 0.05) is 54.8 Å². The Balaban J connectivity index is 0.000000216. The van der Waals surface area contributed by atoms with Crippen molar-refractivity contribution in [3.63, 3.8) is 0 Å². The number of ether oxygens (including phenoxy) is 4. The number of rotatable bonds is 14. The van der Waals surface area contributed by atoms with E-state index >= 15 is 0 Å². The van der Waals surface area contributed by atoms with Crippen molar-refractivity contribution in [1.82, 2.24) is 15.5 Å². The predicted molar refractivity (Wildman–Crippen MR) is 283 cm³/mol. The molecule has 3 fully saturated rings. The van der Waals surface area contributed by atoms with E-state index in [1.54, 1.807) is 59.2 Å². The number of para-hydroxylation sites is 1. The van der Waals surface area contributed by atoms with Gasteiger partial charge in [-0.1, -0.05) is 54.9 Å². The third-order valence-electron chi connectivity index (χ3n) is 13.9. The average molecular weight is 1070 g/mol. The van der Waals surface area contributed by atoms with Gasteiger partial charge in [-0.05, 0) is 116 Å². The Bertz CT molecular complexity index is 3230. The Morgan fingerprint density at radius 1 is 0.935 bits per heavy atom. The molecule has 20 heteroatoms. The van der Waals surface area contributed by atoms with Crippen molar-refractivity contribution in [3.05, 3.63) is 154 Å². The van der Waals surface area contributed by atoms with E-state index < -0.39 is 70.9 Å². The highest BCUT2D eigenvalue weighted by Gasteiger charge is 2.59. The van der Waals surface area contributed by atoms with Gasteiger partial charge in [-0.25, -0.2) is 4.79 Å². The number of halogens is 1. The Kier molecular flexibility index (Phi) is 16.1. The number of carbonyl (C=O) groups excluding carboxylic acids is 7. The molecule has 5 aromatic rings. The molecule has 402 valence electrons. The first-order valence-corrected chi connectivity index (χ1v) is 25.1. The van der Waals surface area contributed by atoms with E-state index in [1.807, 2.05) is 68.1 Å². The SMILES string of the molecule is CCC(=O)N(c1ccc(Cl)cc1)C1CC(C)N(C(=O)c2ccc(O)cc2)c2ccccc21.COc1cc(C(=O)O[C@H](C(=O)N/C(C(=O)N/C(=C\O)C(C)=O)=C2\[C@@H](OC(C)=O)[C@H](O)[C@@H]3CN23)[C@]2(C)CO2)c2cccc(C)c2c1. The highest BCUT2D eigenvalue weighted by atomic mass is 35.5. The van der Waals surface area contributed by atoms with Crippen molar-refractivity contribution < 1.29 is 67.8 Å². The number of fused-ring (bicyclic) bond motifs is 3. The number of hydrogen-bond donors (Lipinski definition) is 5. The fraction of sp³-hybridized carbons (Fsp3) is 0.316. The molecule has 0 radical (unpaired) electrons. The number of aliphatic hydroxyl groups excluding tert-OH is 2. The van der Waals surface area contributed by atoms with Crippen molar-refractivity contribution in [3.8, 4) is 11.5 Å². The molecule has 0 aromatic heterocycles. The smallest absolute Gasteiger partial charge is 0.339 e. The maximum atomic E-state index is 13.9. The Morgan fingerprint density at radius 3 is 2.25 bits per heavy atom. The number of aromatic hydroxyl groups is 1. The number of amides is 4.